The van der Waals surface area contributed by atoms with Crippen molar-refractivity contribution < 1.29 is 4.79 Å². The Morgan fingerprint density at radius 1 is 1.18 bits per heavy atom. The van der Waals surface area contributed by atoms with Gasteiger partial charge in [0, 0.05) is 56.9 Å². The van der Waals surface area contributed by atoms with E-state index in [2.05, 4.69) is 20.9 Å². The van der Waals surface area contributed by atoms with E-state index in [1.807, 2.05) is 17.2 Å². The average molecular weight is 317 g/mol. The number of aromatic nitrogens is 2. The molecular weight excluding hydrogens is 300 g/mol. The molecule has 114 valence electrons. The van der Waals surface area contributed by atoms with E-state index in [4.69, 9.17) is 11.6 Å². The third-order valence-electron chi connectivity index (χ3n) is 3.76. The van der Waals surface area contributed by atoms with Crippen LogP contribution in [0, 0.1) is 0 Å². The zero-order valence-corrected chi connectivity index (χ0v) is 12.9. The highest BCUT2D eigenvalue weighted by Crippen LogP contribution is 2.13. The van der Waals surface area contributed by atoms with Gasteiger partial charge in [-0.3, -0.25) is 14.7 Å². The van der Waals surface area contributed by atoms with Crippen LogP contribution in [-0.2, 0) is 6.54 Å². The molecule has 6 heteroatoms. The Morgan fingerprint density at radius 2 is 2.00 bits per heavy atom. The SMILES string of the molecule is O=C(c1ccnc(Cl)c1)N1CCN(Cc2cccnc2)CC1. The number of halogens is 1. The van der Waals surface area contributed by atoms with Gasteiger partial charge in [-0.25, -0.2) is 4.98 Å². The highest BCUT2D eigenvalue weighted by Gasteiger charge is 2.22. The lowest BCUT2D eigenvalue weighted by Gasteiger charge is -2.34. The van der Waals surface area contributed by atoms with E-state index in [-0.39, 0.29) is 5.91 Å². The summed E-state index contributed by atoms with van der Waals surface area (Å²) >= 11 is 5.85. The molecule has 1 fully saturated rings. The second kappa shape index (κ2) is 6.85. The Bertz CT molecular complexity index is 642. The number of amides is 1. The summed E-state index contributed by atoms with van der Waals surface area (Å²) in [6.07, 6.45) is 5.23. The van der Waals surface area contributed by atoms with Crippen molar-refractivity contribution in [1.82, 2.24) is 19.8 Å². The number of hydrogen-bond acceptors (Lipinski definition) is 4. The lowest BCUT2D eigenvalue weighted by molar-refractivity contribution is 0.0628. The smallest absolute Gasteiger partial charge is 0.254 e. The van der Waals surface area contributed by atoms with E-state index >= 15 is 0 Å². The minimum atomic E-state index is 0.0188. The van der Waals surface area contributed by atoms with E-state index in [0.29, 0.717) is 10.7 Å². The molecule has 3 heterocycles. The predicted molar refractivity (Wildman–Crippen MR) is 84.7 cm³/mol. The summed E-state index contributed by atoms with van der Waals surface area (Å²) in [6.45, 7) is 4.04. The van der Waals surface area contributed by atoms with E-state index in [1.54, 1.807) is 24.5 Å². The van der Waals surface area contributed by atoms with Crippen LogP contribution < -0.4 is 0 Å². The Kier molecular flexibility index (Phi) is 4.65. The number of hydrogen-bond donors (Lipinski definition) is 0. The van der Waals surface area contributed by atoms with Crippen LogP contribution in [0.4, 0.5) is 0 Å². The second-order valence-electron chi connectivity index (χ2n) is 5.30. The molecule has 0 aliphatic carbocycles. The molecule has 0 atom stereocenters. The third kappa shape index (κ3) is 3.61. The number of pyridine rings is 2. The van der Waals surface area contributed by atoms with E-state index in [1.165, 1.54) is 5.56 Å². The van der Waals surface area contributed by atoms with Gasteiger partial charge in [0.15, 0.2) is 0 Å². The van der Waals surface area contributed by atoms with E-state index in [9.17, 15) is 4.79 Å². The summed E-state index contributed by atoms with van der Waals surface area (Å²) in [4.78, 5) is 24.7. The molecule has 1 amide bonds. The summed E-state index contributed by atoms with van der Waals surface area (Å²) in [5.74, 6) is 0.0188. The fraction of sp³-hybridized carbons (Fsp3) is 0.312. The largest absolute Gasteiger partial charge is 0.336 e. The van der Waals surface area contributed by atoms with Gasteiger partial charge < -0.3 is 4.90 Å². The van der Waals surface area contributed by atoms with Crippen molar-refractivity contribution in [2.24, 2.45) is 0 Å². The molecule has 0 bridgehead atoms. The van der Waals surface area contributed by atoms with E-state index < -0.39 is 0 Å². The van der Waals surface area contributed by atoms with Crippen molar-refractivity contribution in [2.75, 3.05) is 26.2 Å². The zero-order valence-electron chi connectivity index (χ0n) is 12.2. The second-order valence-corrected chi connectivity index (χ2v) is 5.68. The van der Waals surface area contributed by atoms with E-state index in [0.717, 1.165) is 32.7 Å². The van der Waals surface area contributed by atoms with Crippen molar-refractivity contribution in [3.8, 4) is 0 Å². The van der Waals surface area contributed by atoms with Crippen LogP contribution in [0.25, 0.3) is 0 Å². The van der Waals surface area contributed by atoms with Gasteiger partial charge in [-0.1, -0.05) is 17.7 Å². The van der Waals surface area contributed by atoms with Crippen molar-refractivity contribution in [3.05, 3.63) is 59.1 Å². The van der Waals surface area contributed by atoms with Crippen molar-refractivity contribution >= 4 is 17.5 Å². The molecule has 0 spiro atoms. The van der Waals surface area contributed by atoms with Crippen LogP contribution in [0.15, 0.2) is 42.9 Å². The molecule has 0 saturated carbocycles. The number of piperazine rings is 1. The summed E-state index contributed by atoms with van der Waals surface area (Å²) in [7, 11) is 0. The number of nitrogens with zero attached hydrogens (tertiary/aromatic N) is 4. The van der Waals surface area contributed by atoms with Gasteiger partial charge in [0.05, 0.1) is 0 Å². The molecule has 0 N–H and O–H groups in total. The first-order chi connectivity index (χ1) is 10.7. The van der Waals surface area contributed by atoms with Crippen LogP contribution in [0.1, 0.15) is 15.9 Å². The number of rotatable bonds is 3. The fourth-order valence-electron chi connectivity index (χ4n) is 2.58. The molecular formula is C16H17ClN4O. The molecule has 1 aliphatic rings. The lowest BCUT2D eigenvalue weighted by Crippen LogP contribution is -2.48. The minimum absolute atomic E-state index is 0.0188. The topological polar surface area (TPSA) is 49.3 Å². The Hall–Kier alpha value is -1.98. The minimum Gasteiger partial charge on any atom is -0.336 e. The molecule has 2 aromatic rings. The van der Waals surface area contributed by atoms with Gasteiger partial charge in [-0.2, -0.15) is 0 Å². The van der Waals surface area contributed by atoms with Gasteiger partial charge in [-0.15, -0.1) is 0 Å². The maximum absolute atomic E-state index is 12.4. The predicted octanol–water partition coefficient (Wildman–Crippen LogP) is 2.09. The van der Waals surface area contributed by atoms with Crippen LogP contribution in [-0.4, -0.2) is 51.9 Å². The zero-order chi connectivity index (χ0) is 15.4. The number of carbonyl (C=O) groups excluding carboxylic acids is 1. The Labute approximate surface area is 134 Å². The Balaban J connectivity index is 1.56. The first kappa shape index (κ1) is 14.9. The molecule has 22 heavy (non-hydrogen) atoms. The Morgan fingerprint density at radius 3 is 2.68 bits per heavy atom. The van der Waals surface area contributed by atoms with Gasteiger partial charge >= 0.3 is 0 Å². The molecule has 0 unspecified atom stereocenters. The van der Waals surface area contributed by atoms with Crippen molar-refractivity contribution in [1.29, 1.82) is 0 Å². The lowest BCUT2D eigenvalue weighted by atomic mass is 10.2. The summed E-state index contributed by atoms with van der Waals surface area (Å²) < 4.78 is 0. The maximum Gasteiger partial charge on any atom is 0.254 e. The first-order valence-electron chi connectivity index (χ1n) is 7.24. The van der Waals surface area contributed by atoms with Gasteiger partial charge in [0.1, 0.15) is 5.15 Å². The maximum atomic E-state index is 12.4. The highest BCUT2D eigenvalue weighted by molar-refractivity contribution is 6.29. The fourth-order valence-corrected chi connectivity index (χ4v) is 2.75. The normalized spacial score (nSPS) is 15.8. The molecule has 2 aromatic heterocycles. The number of carbonyl (C=O) groups is 1. The van der Waals surface area contributed by atoms with Gasteiger partial charge in [0.2, 0.25) is 0 Å². The molecule has 1 aliphatic heterocycles. The quantitative estimate of drug-likeness (QED) is 0.814. The van der Waals surface area contributed by atoms with Crippen LogP contribution >= 0.6 is 11.6 Å². The highest BCUT2D eigenvalue weighted by atomic mass is 35.5. The monoisotopic (exact) mass is 316 g/mol. The van der Waals surface area contributed by atoms with Crippen molar-refractivity contribution in [3.63, 3.8) is 0 Å². The molecule has 0 aromatic carbocycles. The van der Waals surface area contributed by atoms with Crippen LogP contribution in [0.5, 0.6) is 0 Å². The van der Waals surface area contributed by atoms with Crippen molar-refractivity contribution in [2.45, 2.75) is 6.54 Å². The van der Waals surface area contributed by atoms with Gasteiger partial charge in [-0.05, 0) is 23.8 Å². The first-order valence-corrected chi connectivity index (χ1v) is 7.62. The van der Waals surface area contributed by atoms with Gasteiger partial charge in [0.25, 0.3) is 5.91 Å². The molecule has 1 saturated heterocycles. The third-order valence-corrected chi connectivity index (χ3v) is 3.97. The standard InChI is InChI=1S/C16H17ClN4O/c17-15-10-14(3-5-19-15)16(22)21-8-6-20(7-9-21)12-13-2-1-4-18-11-13/h1-5,10-11H,6-9,12H2. The molecule has 3 rings (SSSR count). The average Bonchev–Trinajstić information content (AvgIpc) is 2.56. The molecule has 0 radical (unpaired) electrons. The summed E-state index contributed by atoms with van der Waals surface area (Å²) in [5, 5.41) is 0.348. The van der Waals surface area contributed by atoms with Crippen LogP contribution in [0.3, 0.4) is 0 Å². The van der Waals surface area contributed by atoms with Crippen LogP contribution in [0.2, 0.25) is 5.15 Å². The summed E-state index contributed by atoms with van der Waals surface area (Å²) in [5.41, 5.74) is 1.80. The molecule has 5 nitrogen and oxygen atoms in total. The summed E-state index contributed by atoms with van der Waals surface area (Å²) in [6, 6.07) is 7.34.